The van der Waals surface area contributed by atoms with Gasteiger partial charge >= 0.3 is 0 Å². The van der Waals surface area contributed by atoms with Gasteiger partial charge in [0, 0.05) is 29.9 Å². The van der Waals surface area contributed by atoms with Crippen molar-refractivity contribution in [1.29, 1.82) is 0 Å². The zero-order chi connectivity index (χ0) is 20.8. The maximum Gasteiger partial charge on any atom is 0.255 e. The molecule has 0 aliphatic rings. The third kappa shape index (κ3) is 5.08. The van der Waals surface area contributed by atoms with Crippen LogP contribution in [0.4, 0.5) is 10.1 Å². The fourth-order valence-corrected chi connectivity index (χ4v) is 3.04. The van der Waals surface area contributed by atoms with Crippen molar-refractivity contribution in [3.63, 3.8) is 0 Å². The average molecular weight is 390 g/mol. The van der Waals surface area contributed by atoms with E-state index >= 15 is 0 Å². The number of benzene rings is 3. The zero-order valence-corrected chi connectivity index (χ0v) is 16.5. The van der Waals surface area contributed by atoms with Crippen molar-refractivity contribution in [2.45, 2.75) is 20.4 Å². The Balaban J connectivity index is 1.79. The maximum atomic E-state index is 13.5. The lowest BCUT2D eigenvalue weighted by Gasteiger charge is -2.22. The highest BCUT2D eigenvalue weighted by Gasteiger charge is 2.17. The summed E-state index contributed by atoms with van der Waals surface area (Å²) in [6, 6.07) is 20.4. The van der Waals surface area contributed by atoms with E-state index in [1.165, 1.54) is 12.1 Å². The lowest BCUT2D eigenvalue weighted by molar-refractivity contribution is 0.0752. The topological polar surface area (TPSA) is 49.4 Å². The Labute approximate surface area is 170 Å². The predicted octanol–water partition coefficient (Wildman–Crippen LogP) is 5.05. The highest BCUT2D eigenvalue weighted by atomic mass is 19.1. The molecule has 29 heavy (non-hydrogen) atoms. The van der Waals surface area contributed by atoms with Gasteiger partial charge in [-0.25, -0.2) is 4.39 Å². The van der Waals surface area contributed by atoms with Crippen molar-refractivity contribution in [2.75, 3.05) is 11.9 Å². The number of carbonyl (C=O) groups excluding carboxylic acids is 2. The average Bonchev–Trinajstić information content (AvgIpc) is 2.73. The van der Waals surface area contributed by atoms with Gasteiger partial charge in [-0.1, -0.05) is 36.4 Å². The minimum absolute atomic E-state index is 0.174. The molecule has 2 amide bonds. The number of amides is 2. The molecule has 0 atom stereocenters. The standard InChI is InChI=1S/C24H23FN2O2/c1-3-27(16-18-8-7-11-21(25)14-18)24(29)20-13-12-17(2)22(15-20)26-23(28)19-9-5-4-6-10-19/h4-15H,3,16H2,1-2H3,(H,26,28). The van der Waals surface area contributed by atoms with Crippen LogP contribution in [0.1, 0.15) is 38.8 Å². The van der Waals surface area contributed by atoms with Crippen molar-refractivity contribution in [2.24, 2.45) is 0 Å². The van der Waals surface area contributed by atoms with E-state index in [2.05, 4.69) is 5.32 Å². The number of aryl methyl sites for hydroxylation is 1. The zero-order valence-electron chi connectivity index (χ0n) is 16.5. The SMILES string of the molecule is CCN(Cc1cccc(F)c1)C(=O)c1ccc(C)c(NC(=O)c2ccccc2)c1. The van der Waals surface area contributed by atoms with Crippen LogP contribution in [0.25, 0.3) is 0 Å². The normalized spacial score (nSPS) is 10.4. The molecule has 3 rings (SSSR count). The second-order valence-corrected chi connectivity index (χ2v) is 6.80. The summed E-state index contributed by atoms with van der Waals surface area (Å²) in [5, 5.41) is 2.88. The molecule has 0 aliphatic carbocycles. The van der Waals surface area contributed by atoms with Crippen molar-refractivity contribution in [3.05, 3.63) is 101 Å². The summed E-state index contributed by atoms with van der Waals surface area (Å²) in [7, 11) is 0. The molecule has 5 heteroatoms. The second kappa shape index (κ2) is 9.15. The highest BCUT2D eigenvalue weighted by Crippen LogP contribution is 2.20. The molecule has 0 radical (unpaired) electrons. The lowest BCUT2D eigenvalue weighted by atomic mass is 10.1. The fraction of sp³-hybridized carbons (Fsp3) is 0.167. The minimum Gasteiger partial charge on any atom is -0.335 e. The van der Waals surface area contributed by atoms with Gasteiger partial charge in [0.2, 0.25) is 0 Å². The summed E-state index contributed by atoms with van der Waals surface area (Å²) in [5.74, 6) is -0.732. The van der Waals surface area contributed by atoms with Crippen molar-refractivity contribution >= 4 is 17.5 Å². The molecule has 0 fully saturated rings. The number of anilines is 1. The van der Waals surface area contributed by atoms with Gasteiger partial charge in [0.05, 0.1) is 0 Å². The molecule has 3 aromatic carbocycles. The van der Waals surface area contributed by atoms with Crippen molar-refractivity contribution in [3.8, 4) is 0 Å². The molecular formula is C24H23FN2O2. The Kier molecular flexibility index (Phi) is 6.39. The van der Waals surface area contributed by atoms with Gasteiger partial charge in [-0.05, 0) is 61.4 Å². The second-order valence-electron chi connectivity index (χ2n) is 6.80. The first-order chi connectivity index (χ1) is 14.0. The first kappa shape index (κ1) is 20.3. The molecule has 0 heterocycles. The molecule has 4 nitrogen and oxygen atoms in total. The Morgan fingerprint density at radius 3 is 2.38 bits per heavy atom. The molecule has 0 saturated heterocycles. The van der Waals surface area contributed by atoms with Gasteiger partial charge in [0.25, 0.3) is 11.8 Å². The van der Waals surface area contributed by atoms with E-state index in [-0.39, 0.29) is 17.6 Å². The Bertz CT molecular complexity index is 1020. The first-order valence-corrected chi connectivity index (χ1v) is 9.48. The largest absolute Gasteiger partial charge is 0.335 e. The molecular weight excluding hydrogens is 367 g/mol. The number of hydrogen-bond donors (Lipinski definition) is 1. The Morgan fingerprint density at radius 1 is 0.931 bits per heavy atom. The molecule has 0 bridgehead atoms. The molecule has 148 valence electrons. The van der Waals surface area contributed by atoms with E-state index in [1.807, 2.05) is 26.0 Å². The number of hydrogen-bond acceptors (Lipinski definition) is 2. The highest BCUT2D eigenvalue weighted by molar-refractivity contribution is 6.05. The number of halogens is 1. The number of nitrogens with zero attached hydrogens (tertiary/aromatic N) is 1. The third-order valence-electron chi connectivity index (χ3n) is 4.70. The Hall–Kier alpha value is -3.47. The third-order valence-corrected chi connectivity index (χ3v) is 4.70. The molecule has 0 aliphatic heterocycles. The first-order valence-electron chi connectivity index (χ1n) is 9.48. The summed E-state index contributed by atoms with van der Waals surface area (Å²) in [6.45, 7) is 4.55. The van der Waals surface area contributed by atoms with Gasteiger partial charge < -0.3 is 10.2 Å². The lowest BCUT2D eigenvalue weighted by Crippen LogP contribution is -2.30. The van der Waals surface area contributed by atoms with Crippen LogP contribution < -0.4 is 5.32 Å². The summed E-state index contributed by atoms with van der Waals surface area (Å²) in [4.78, 5) is 27.1. The molecule has 0 saturated carbocycles. The molecule has 1 N–H and O–H groups in total. The van der Waals surface area contributed by atoms with Gasteiger partial charge in [-0.15, -0.1) is 0 Å². The van der Waals surface area contributed by atoms with Gasteiger partial charge in [0.1, 0.15) is 5.82 Å². The van der Waals surface area contributed by atoms with Crippen LogP contribution in [-0.2, 0) is 6.54 Å². The Morgan fingerprint density at radius 2 is 1.69 bits per heavy atom. The van der Waals surface area contributed by atoms with Crippen LogP contribution in [0, 0.1) is 12.7 Å². The molecule has 0 aromatic heterocycles. The maximum absolute atomic E-state index is 13.5. The molecule has 3 aromatic rings. The number of rotatable bonds is 6. The van der Waals surface area contributed by atoms with Crippen molar-refractivity contribution < 1.29 is 14.0 Å². The van der Waals surface area contributed by atoms with E-state index in [4.69, 9.17) is 0 Å². The van der Waals surface area contributed by atoms with Crippen LogP contribution in [0.5, 0.6) is 0 Å². The smallest absolute Gasteiger partial charge is 0.255 e. The van der Waals surface area contributed by atoms with Crippen LogP contribution in [0.3, 0.4) is 0 Å². The number of nitrogens with one attached hydrogen (secondary N) is 1. The van der Waals surface area contributed by atoms with E-state index in [1.54, 1.807) is 53.4 Å². The fourth-order valence-electron chi connectivity index (χ4n) is 3.04. The van der Waals surface area contributed by atoms with E-state index < -0.39 is 0 Å². The van der Waals surface area contributed by atoms with Gasteiger partial charge in [-0.3, -0.25) is 9.59 Å². The minimum atomic E-state index is -0.327. The summed E-state index contributed by atoms with van der Waals surface area (Å²) >= 11 is 0. The van der Waals surface area contributed by atoms with Gasteiger partial charge in [-0.2, -0.15) is 0 Å². The van der Waals surface area contributed by atoms with E-state index in [0.717, 1.165) is 11.1 Å². The molecule has 0 spiro atoms. The van der Waals surface area contributed by atoms with Gasteiger partial charge in [0.15, 0.2) is 0 Å². The quantitative estimate of drug-likeness (QED) is 0.640. The van der Waals surface area contributed by atoms with E-state index in [0.29, 0.717) is 29.9 Å². The molecule has 0 unspecified atom stereocenters. The summed E-state index contributed by atoms with van der Waals surface area (Å²) < 4.78 is 13.5. The van der Waals surface area contributed by atoms with Crippen LogP contribution >= 0.6 is 0 Å². The van der Waals surface area contributed by atoms with Crippen LogP contribution in [0.15, 0.2) is 72.8 Å². The number of carbonyl (C=O) groups is 2. The predicted molar refractivity (Wildman–Crippen MR) is 112 cm³/mol. The van der Waals surface area contributed by atoms with Crippen molar-refractivity contribution in [1.82, 2.24) is 4.90 Å². The van der Waals surface area contributed by atoms with Crippen LogP contribution in [-0.4, -0.2) is 23.3 Å². The summed E-state index contributed by atoms with van der Waals surface area (Å²) in [6.07, 6.45) is 0. The van der Waals surface area contributed by atoms with E-state index in [9.17, 15) is 14.0 Å². The summed E-state index contributed by atoms with van der Waals surface area (Å²) in [5.41, 5.74) is 3.19. The monoisotopic (exact) mass is 390 g/mol. The van der Waals surface area contributed by atoms with Crippen LogP contribution in [0.2, 0.25) is 0 Å².